The summed E-state index contributed by atoms with van der Waals surface area (Å²) in [6, 6.07) is 0. The fraction of sp³-hybridized carbons (Fsp3) is 1.00. The molecule has 0 rings (SSSR count). The summed E-state index contributed by atoms with van der Waals surface area (Å²) in [7, 11) is -3.59. The number of rotatable bonds is 6. The van der Waals surface area contributed by atoms with Crippen molar-refractivity contribution < 1.29 is 16.4 Å². The second kappa shape index (κ2) is 5.76. The topological polar surface area (TPSA) is 35.5 Å². The molecular weight excluding hydrogens is 163 g/mol. The Morgan fingerprint density at radius 3 is 2.00 bits per heavy atom. The highest BCUT2D eigenvalue weighted by Crippen LogP contribution is 2.48. The molecule has 0 spiro atoms. The first kappa shape index (κ1) is 7.78. The van der Waals surface area contributed by atoms with Crippen molar-refractivity contribution in [2.75, 3.05) is 19.3 Å². The van der Waals surface area contributed by atoms with Gasteiger partial charge in [0.05, 0.1) is 13.2 Å². The molecule has 11 heavy (non-hydrogen) atoms. The van der Waals surface area contributed by atoms with Gasteiger partial charge >= 0.3 is 7.60 Å². The second-order valence-corrected chi connectivity index (χ2v) is 3.67. The smallest absolute Gasteiger partial charge is 0.309 e. The second-order valence-electron chi connectivity index (χ2n) is 1.84. The Bertz CT molecular complexity index is 186. The van der Waals surface area contributed by atoms with E-state index in [0.717, 1.165) is 0 Å². The Kier molecular flexibility index (Phi) is 4.07. The molecule has 0 N–H and O–H groups in total. The number of hydrogen-bond donors (Lipinski definition) is 0. The van der Waals surface area contributed by atoms with Crippen molar-refractivity contribution in [3.63, 3.8) is 0 Å². The van der Waals surface area contributed by atoms with Crippen LogP contribution in [0.2, 0.25) is 0 Å². The van der Waals surface area contributed by atoms with E-state index in [9.17, 15) is 4.57 Å². The molecule has 0 aromatic carbocycles. The first-order valence-corrected chi connectivity index (χ1v) is 5.37. The summed E-state index contributed by atoms with van der Waals surface area (Å²) in [6.07, 6.45) is -1.77. The monoisotopic (exact) mass is 182 g/mol. The molecule has 0 radical (unpaired) electrons. The highest BCUT2D eigenvalue weighted by molar-refractivity contribution is 7.53. The predicted molar refractivity (Wildman–Crippen MR) is 46.0 cm³/mol. The van der Waals surface area contributed by atoms with Crippen LogP contribution < -0.4 is 0 Å². The van der Waals surface area contributed by atoms with Gasteiger partial charge in [0.2, 0.25) is 0 Å². The summed E-state index contributed by atoms with van der Waals surface area (Å²) in [6.45, 7) is 5.33. The molecule has 0 unspecified atom stereocenters. The van der Waals surface area contributed by atoms with Crippen LogP contribution in [0.15, 0.2) is 0 Å². The van der Waals surface area contributed by atoms with Gasteiger partial charge in [-0.05, 0) is 20.3 Å². The van der Waals surface area contributed by atoms with Crippen LogP contribution in [-0.4, -0.2) is 19.3 Å². The van der Waals surface area contributed by atoms with E-state index in [0.29, 0.717) is 0 Å². The molecule has 0 atom stereocenters. The van der Waals surface area contributed by atoms with Crippen molar-refractivity contribution in [3.05, 3.63) is 0 Å². The summed E-state index contributed by atoms with van der Waals surface area (Å²) in [4.78, 5) is 0. The van der Waals surface area contributed by atoms with Crippen LogP contribution in [0, 0.1) is 0 Å². The Labute approximate surface area is 71.4 Å². The Hall–Kier alpha value is 0.150. The van der Waals surface area contributed by atoms with Gasteiger partial charge in [0.25, 0.3) is 0 Å². The van der Waals surface area contributed by atoms with Crippen molar-refractivity contribution in [1.29, 1.82) is 0 Å². The van der Waals surface area contributed by atoms with E-state index < -0.39 is 13.7 Å². The highest BCUT2D eigenvalue weighted by atomic mass is 31.2. The van der Waals surface area contributed by atoms with Crippen LogP contribution in [0.5, 0.6) is 0 Å². The van der Waals surface area contributed by atoms with Gasteiger partial charge in [-0.3, -0.25) is 4.57 Å². The number of hydrogen-bond acceptors (Lipinski definition) is 3. The van der Waals surface area contributed by atoms with E-state index in [1.54, 1.807) is 20.8 Å². The molecule has 0 aliphatic carbocycles. The molecule has 0 fully saturated rings. The van der Waals surface area contributed by atoms with Gasteiger partial charge in [0, 0.05) is 8.86 Å². The Morgan fingerprint density at radius 2 is 1.73 bits per heavy atom. The van der Waals surface area contributed by atoms with E-state index >= 15 is 0 Å². The largest absolute Gasteiger partial charge is 0.330 e. The lowest BCUT2D eigenvalue weighted by molar-refractivity contribution is 0.220. The lowest BCUT2D eigenvalue weighted by Gasteiger charge is -2.15. The van der Waals surface area contributed by atoms with Crippen LogP contribution in [-0.2, 0) is 13.6 Å². The quantitative estimate of drug-likeness (QED) is 0.592. The van der Waals surface area contributed by atoms with Crippen molar-refractivity contribution in [2.24, 2.45) is 0 Å². The molecule has 0 saturated heterocycles. The molecule has 0 aliphatic heterocycles. The minimum Gasteiger partial charge on any atom is -0.309 e. The van der Waals surface area contributed by atoms with E-state index in [-0.39, 0.29) is 19.6 Å². The standard InChI is InChI=1S/C7H17O3P/c1-4-7-11(8,9-5-2)10-6-3/h4-7H2,1-3H3/i7D2. The molecular formula is C7H17O3P. The molecule has 0 amide bonds. The Morgan fingerprint density at radius 1 is 1.27 bits per heavy atom. The molecule has 3 nitrogen and oxygen atoms in total. The lowest BCUT2D eigenvalue weighted by Crippen LogP contribution is -1.98. The third kappa shape index (κ3) is 4.57. The molecule has 0 aromatic heterocycles. The van der Waals surface area contributed by atoms with Crippen LogP contribution in [0.1, 0.15) is 29.9 Å². The molecule has 0 saturated carbocycles. The van der Waals surface area contributed by atoms with E-state index in [1.807, 2.05) is 0 Å². The lowest BCUT2D eigenvalue weighted by atomic mass is 10.6. The average molecular weight is 182 g/mol. The van der Waals surface area contributed by atoms with Crippen LogP contribution >= 0.6 is 7.60 Å². The van der Waals surface area contributed by atoms with Crippen molar-refractivity contribution in [3.8, 4) is 0 Å². The predicted octanol–water partition coefficient (Wildman–Crippen LogP) is 2.66. The fourth-order valence-electron chi connectivity index (χ4n) is 0.662. The third-order valence-electron chi connectivity index (χ3n) is 0.950. The zero-order chi connectivity index (χ0) is 10.5. The third-order valence-corrected chi connectivity index (χ3v) is 2.85. The fourth-order valence-corrected chi connectivity index (χ4v) is 1.99. The SMILES string of the molecule is [2H]C([2H])(CC)P(=O)(OCC)OCC. The molecule has 0 aromatic rings. The van der Waals surface area contributed by atoms with E-state index in [2.05, 4.69) is 0 Å². The zero-order valence-corrected chi connectivity index (χ0v) is 8.19. The van der Waals surface area contributed by atoms with Gasteiger partial charge in [-0.15, -0.1) is 0 Å². The highest BCUT2D eigenvalue weighted by Gasteiger charge is 2.21. The first-order valence-electron chi connectivity index (χ1n) is 4.82. The maximum absolute atomic E-state index is 11.8. The zero-order valence-electron chi connectivity index (χ0n) is 9.29. The normalized spacial score (nSPS) is 15.9. The molecule has 4 heteroatoms. The summed E-state index contributed by atoms with van der Waals surface area (Å²) in [5, 5.41) is 0. The van der Waals surface area contributed by atoms with Gasteiger partial charge in [-0.2, -0.15) is 0 Å². The van der Waals surface area contributed by atoms with Crippen molar-refractivity contribution >= 4 is 7.60 Å². The molecule has 0 bridgehead atoms. The van der Waals surface area contributed by atoms with Crippen molar-refractivity contribution in [2.45, 2.75) is 27.2 Å². The van der Waals surface area contributed by atoms with Gasteiger partial charge in [-0.1, -0.05) is 6.92 Å². The minimum absolute atomic E-state index is 0.115. The minimum atomic E-state index is -3.59. The van der Waals surface area contributed by atoms with Gasteiger partial charge in [-0.25, -0.2) is 0 Å². The Balaban J connectivity index is 4.67. The van der Waals surface area contributed by atoms with Crippen LogP contribution in [0.4, 0.5) is 0 Å². The molecule has 0 heterocycles. The summed E-state index contributed by atoms with van der Waals surface area (Å²) in [5.74, 6) is 0. The summed E-state index contributed by atoms with van der Waals surface area (Å²) >= 11 is 0. The van der Waals surface area contributed by atoms with Crippen LogP contribution in [0.25, 0.3) is 0 Å². The molecule has 0 aliphatic rings. The summed E-state index contributed by atoms with van der Waals surface area (Å²) < 4.78 is 36.6. The van der Waals surface area contributed by atoms with E-state index in [1.165, 1.54) is 0 Å². The van der Waals surface area contributed by atoms with E-state index in [4.69, 9.17) is 11.8 Å². The van der Waals surface area contributed by atoms with Gasteiger partial charge in [0.1, 0.15) is 0 Å². The maximum Gasteiger partial charge on any atom is 0.330 e. The van der Waals surface area contributed by atoms with Crippen LogP contribution in [0.3, 0.4) is 0 Å². The average Bonchev–Trinajstić information content (AvgIpc) is 2.05. The van der Waals surface area contributed by atoms with Gasteiger partial charge in [0.15, 0.2) is 0 Å². The van der Waals surface area contributed by atoms with Gasteiger partial charge < -0.3 is 9.05 Å². The van der Waals surface area contributed by atoms with Crippen molar-refractivity contribution in [1.82, 2.24) is 0 Å². The summed E-state index contributed by atoms with van der Waals surface area (Å²) in [5.41, 5.74) is 0. The first-order chi connectivity index (χ1) is 5.93. The molecule has 68 valence electrons. The maximum atomic E-state index is 11.8.